The summed E-state index contributed by atoms with van der Waals surface area (Å²) in [6.45, 7) is 8.16. The SMILES string of the molecule is Cc1n[nH]c(C)c1C(=O)NC(CN)C(C)C. The molecule has 0 aliphatic rings. The van der Waals surface area contributed by atoms with Crippen molar-refractivity contribution in [1.82, 2.24) is 15.5 Å². The van der Waals surface area contributed by atoms with Crippen molar-refractivity contribution in [3.8, 4) is 0 Å². The summed E-state index contributed by atoms with van der Waals surface area (Å²) in [5, 5.41) is 9.72. The summed E-state index contributed by atoms with van der Waals surface area (Å²) in [4.78, 5) is 12.0. The van der Waals surface area contributed by atoms with Crippen LogP contribution in [0.5, 0.6) is 0 Å². The van der Waals surface area contributed by atoms with Crippen LogP contribution in [0, 0.1) is 19.8 Å². The van der Waals surface area contributed by atoms with Gasteiger partial charge in [-0.1, -0.05) is 13.8 Å². The molecule has 0 aromatic carbocycles. The van der Waals surface area contributed by atoms with Gasteiger partial charge in [0.25, 0.3) is 5.91 Å². The van der Waals surface area contributed by atoms with Crippen LogP contribution >= 0.6 is 0 Å². The standard InChI is InChI=1S/C11H20N4O/c1-6(2)9(5-12)13-11(16)10-7(3)14-15-8(10)4/h6,9H,5,12H2,1-4H3,(H,13,16)(H,14,15). The predicted octanol–water partition coefficient (Wildman–Crippen LogP) is 0.740. The molecule has 1 aromatic heterocycles. The number of hydrogen-bond donors (Lipinski definition) is 3. The lowest BCUT2D eigenvalue weighted by atomic mass is 10.0. The van der Waals surface area contributed by atoms with E-state index in [0.29, 0.717) is 18.0 Å². The summed E-state index contributed by atoms with van der Waals surface area (Å²) in [6.07, 6.45) is 0. The van der Waals surface area contributed by atoms with Gasteiger partial charge in [0.15, 0.2) is 0 Å². The molecule has 0 radical (unpaired) electrons. The van der Waals surface area contributed by atoms with Crippen LogP contribution in [0.1, 0.15) is 35.6 Å². The molecule has 0 fully saturated rings. The number of aromatic amines is 1. The highest BCUT2D eigenvalue weighted by Crippen LogP contribution is 2.10. The predicted molar refractivity (Wildman–Crippen MR) is 63.2 cm³/mol. The van der Waals surface area contributed by atoms with Gasteiger partial charge in [0.2, 0.25) is 0 Å². The Balaban J connectivity index is 2.80. The Labute approximate surface area is 95.8 Å². The Morgan fingerprint density at radius 2 is 2.12 bits per heavy atom. The summed E-state index contributed by atoms with van der Waals surface area (Å²) in [5.74, 6) is 0.217. The molecule has 1 heterocycles. The first-order chi connectivity index (χ1) is 7.47. The van der Waals surface area contributed by atoms with E-state index in [1.54, 1.807) is 0 Å². The number of carbonyl (C=O) groups excluding carboxylic acids is 1. The zero-order valence-electron chi connectivity index (χ0n) is 10.3. The van der Waals surface area contributed by atoms with E-state index in [9.17, 15) is 4.79 Å². The van der Waals surface area contributed by atoms with E-state index in [2.05, 4.69) is 15.5 Å². The second kappa shape index (κ2) is 5.12. The molecule has 0 spiro atoms. The van der Waals surface area contributed by atoms with Gasteiger partial charge in [-0.2, -0.15) is 5.10 Å². The zero-order chi connectivity index (χ0) is 12.3. The molecule has 1 rings (SSSR count). The fourth-order valence-electron chi connectivity index (χ4n) is 1.62. The Bertz CT molecular complexity index is 351. The van der Waals surface area contributed by atoms with Crippen molar-refractivity contribution in [3.63, 3.8) is 0 Å². The molecule has 4 N–H and O–H groups in total. The average Bonchev–Trinajstić information content (AvgIpc) is 2.54. The molecule has 1 aromatic rings. The molecular formula is C11H20N4O. The molecule has 0 aliphatic carbocycles. The number of nitrogens with two attached hydrogens (primary N) is 1. The van der Waals surface area contributed by atoms with E-state index in [-0.39, 0.29) is 11.9 Å². The van der Waals surface area contributed by atoms with Crippen molar-refractivity contribution in [1.29, 1.82) is 0 Å². The molecule has 5 heteroatoms. The lowest BCUT2D eigenvalue weighted by molar-refractivity contribution is 0.0926. The number of carbonyl (C=O) groups is 1. The zero-order valence-corrected chi connectivity index (χ0v) is 10.3. The highest BCUT2D eigenvalue weighted by molar-refractivity contribution is 5.96. The third-order valence-corrected chi connectivity index (χ3v) is 2.73. The normalized spacial score (nSPS) is 12.9. The van der Waals surface area contributed by atoms with Gasteiger partial charge < -0.3 is 11.1 Å². The fraction of sp³-hybridized carbons (Fsp3) is 0.636. The topological polar surface area (TPSA) is 83.8 Å². The lowest BCUT2D eigenvalue weighted by Gasteiger charge is -2.20. The smallest absolute Gasteiger partial charge is 0.255 e. The van der Waals surface area contributed by atoms with Gasteiger partial charge in [-0.3, -0.25) is 9.89 Å². The van der Waals surface area contributed by atoms with Gasteiger partial charge in [-0.25, -0.2) is 0 Å². The molecule has 1 unspecified atom stereocenters. The van der Waals surface area contributed by atoms with Crippen LogP contribution in [0.2, 0.25) is 0 Å². The maximum absolute atomic E-state index is 12.0. The van der Waals surface area contributed by atoms with Crippen molar-refractivity contribution in [2.75, 3.05) is 6.54 Å². The van der Waals surface area contributed by atoms with Crippen LogP contribution in [-0.2, 0) is 0 Å². The van der Waals surface area contributed by atoms with Crippen molar-refractivity contribution < 1.29 is 4.79 Å². The fourth-order valence-corrected chi connectivity index (χ4v) is 1.62. The van der Waals surface area contributed by atoms with E-state index in [0.717, 1.165) is 11.4 Å². The average molecular weight is 224 g/mol. The highest BCUT2D eigenvalue weighted by Gasteiger charge is 2.19. The quantitative estimate of drug-likeness (QED) is 0.705. The van der Waals surface area contributed by atoms with Gasteiger partial charge in [0, 0.05) is 18.3 Å². The molecule has 90 valence electrons. The van der Waals surface area contributed by atoms with Crippen LogP contribution in [0.3, 0.4) is 0 Å². The molecule has 16 heavy (non-hydrogen) atoms. The van der Waals surface area contributed by atoms with E-state index in [4.69, 9.17) is 5.73 Å². The molecule has 5 nitrogen and oxygen atoms in total. The van der Waals surface area contributed by atoms with Crippen LogP contribution in [0.4, 0.5) is 0 Å². The highest BCUT2D eigenvalue weighted by atomic mass is 16.1. The minimum Gasteiger partial charge on any atom is -0.348 e. The number of hydrogen-bond acceptors (Lipinski definition) is 3. The van der Waals surface area contributed by atoms with Gasteiger partial charge in [-0.05, 0) is 19.8 Å². The maximum Gasteiger partial charge on any atom is 0.255 e. The van der Waals surface area contributed by atoms with Gasteiger partial charge >= 0.3 is 0 Å². The number of nitrogens with zero attached hydrogens (tertiary/aromatic N) is 1. The van der Waals surface area contributed by atoms with Crippen molar-refractivity contribution in [2.24, 2.45) is 11.7 Å². The summed E-state index contributed by atoms with van der Waals surface area (Å²) in [5.41, 5.74) is 7.74. The van der Waals surface area contributed by atoms with Crippen LogP contribution in [0.25, 0.3) is 0 Å². The molecule has 1 amide bonds. The molecule has 0 aliphatic heterocycles. The van der Waals surface area contributed by atoms with Gasteiger partial charge in [-0.15, -0.1) is 0 Å². The third kappa shape index (κ3) is 2.61. The van der Waals surface area contributed by atoms with Crippen LogP contribution in [-0.4, -0.2) is 28.7 Å². The second-order valence-corrected chi connectivity index (χ2v) is 4.37. The van der Waals surface area contributed by atoms with Crippen molar-refractivity contribution in [2.45, 2.75) is 33.7 Å². The van der Waals surface area contributed by atoms with E-state index >= 15 is 0 Å². The first-order valence-corrected chi connectivity index (χ1v) is 5.49. The summed E-state index contributed by atoms with van der Waals surface area (Å²) < 4.78 is 0. The second-order valence-electron chi connectivity index (χ2n) is 4.37. The minimum atomic E-state index is -0.104. The maximum atomic E-state index is 12.0. The lowest BCUT2D eigenvalue weighted by Crippen LogP contribution is -2.43. The van der Waals surface area contributed by atoms with Gasteiger partial charge in [0.05, 0.1) is 11.3 Å². The monoisotopic (exact) mass is 224 g/mol. The third-order valence-electron chi connectivity index (χ3n) is 2.73. The van der Waals surface area contributed by atoms with Crippen LogP contribution in [0.15, 0.2) is 0 Å². The largest absolute Gasteiger partial charge is 0.348 e. The van der Waals surface area contributed by atoms with E-state index < -0.39 is 0 Å². The van der Waals surface area contributed by atoms with E-state index in [1.807, 2.05) is 27.7 Å². The molecule has 0 bridgehead atoms. The van der Waals surface area contributed by atoms with Crippen LogP contribution < -0.4 is 11.1 Å². The Hall–Kier alpha value is -1.36. The van der Waals surface area contributed by atoms with E-state index in [1.165, 1.54) is 0 Å². The van der Waals surface area contributed by atoms with Crippen molar-refractivity contribution >= 4 is 5.91 Å². The van der Waals surface area contributed by atoms with Gasteiger partial charge in [0.1, 0.15) is 0 Å². The Kier molecular flexibility index (Phi) is 4.06. The number of nitrogens with one attached hydrogen (secondary N) is 2. The molecule has 1 atom stereocenters. The minimum absolute atomic E-state index is 0.00111. The Morgan fingerprint density at radius 1 is 1.50 bits per heavy atom. The summed E-state index contributed by atoms with van der Waals surface area (Å²) in [7, 11) is 0. The molecule has 0 saturated carbocycles. The number of aromatic nitrogens is 2. The molecule has 0 saturated heterocycles. The summed E-state index contributed by atoms with van der Waals surface area (Å²) >= 11 is 0. The Morgan fingerprint density at radius 3 is 2.50 bits per heavy atom. The number of H-pyrrole nitrogens is 1. The first-order valence-electron chi connectivity index (χ1n) is 5.49. The summed E-state index contributed by atoms with van der Waals surface area (Å²) in [6, 6.07) is 0.00111. The molecular weight excluding hydrogens is 204 g/mol. The number of amides is 1. The number of rotatable bonds is 4. The first kappa shape index (κ1) is 12.7. The van der Waals surface area contributed by atoms with Crippen molar-refractivity contribution in [3.05, 3.63) is 17.0 Å². The number of aryl methyl sites for hydroxylation is 2.